The van der Waals surface area contributed by atoms with E-state index in [9.17, 15) is 4.79 Å². The summed E-state index contributed by atoms with van der Waals surface area (Å²) in [5, 5.41) is 8.20. The summed E-state index contributed by atoms with van der Waals surface area (Å²) in [7, 11) is 1.43. The Balaban J connectivity index is 1.53. The molecule has 0 amide bonds. The first kappa shape index (κ1) is 21.5. The van der Waals surface area contributed by atoms with Crippen molar-refractivity contribution >= 4 is 5.97 Å². The average Bonchev–Trinajstić information content (AvgIpc) is 3.30. The Hall–Kier alpha value is -3.70. The Morgan fingerprint density at radius 2 is 1.56 bits per heavy atom. The minimum Gasteiger partial charge on any atom is -0.468 e. The first-order valence-electron chi connectivity index (χ1n) is 10.8. The summed E-state index contributed by atoms with van der Waals surface area (Å²) in [5.74, 6) is -0.258. The van der Waals surface area contributed by atoms with Crippen LogP contribution in [0.4, 0.5) is 0 Å². The lowest BCUT2D eigenvalue weighted by molar-refractivity contribution is -0.143. The van der Waals surface area contributed by atoms with Gasteiger partial charge in [0.05, 0.1) is 24.2 Å². The number of nitrogens with zero attached hydrogens (tertiary/aromatic N) is 2. The van der Waals surface area contributed by atoms with Gasteiger partial charge in [0, 0.05) is 12.1 Å². The number of para-hydroxylation sites is 1. The van der Waals surface area contributed by atoms with Crippen LogP contribution in [0.25, 0.3) is 16.9 Å². The van der Waals surface area contributed by atoms with E-state index in [0.29, 0.717) is 19.4 Å². The lowest BCUT2D eigenvalue weighted by atomic mass is 10.1. The normalized spacial score (nSPS) is 11.8. The minimum absolute atomic E-state index is 0.258. The molecular weight excluding hydrogens is 398 g/mol. The van der Waals surface area contributed by atoms with Crippen LogP contribution in [0.1, 0.15) is 17.7 Å². The van der Waals surface area contributed by atoms with E-state index < -0.39 is 6.04 Å². The molecule has 4 aromatic rings. The van der Waals surface area contributed by atoms with Crippen LogP contribution in [-0.2, 0) is 22.5 Å². The zero-order valence-electron chi connectivity index (χ0n) is 18.1. The predicted molar refractivity (Wildman–Crippen MR) is 126 cm³/mol. The van der Waals surface area contributed by atoms with Crippen LogP contribution >= 0.6 is 0 Å². The largest absolute Gasteiger partial charge is 0.468 e. The molecule has 5 heteroatoms. The zero-order chi connectivity index (χ0) is 22.2. The molecule has 0 saturated carbocycles. The van der Waals surface area contributed by atoms with Gasteiger partial charge in [-0.3, -0.25) is 4.79 Å². The number of carbonyl (C=O) groups is 1. The van der Waals surface area contributed by atoms with Gasteiger partial charge >= 0.3 is 5.97 Å². The van der Waals surface area contributed by atoms with Crippen molar-refractivity contribution in [2.75, 3.05) is 7.11 Å². The number of carbonyl (C=O) groups excluding carboxylic acids is 1. The number of aryl methyl sites for hydroxylation is 1. The van der Waals surface area contributed by atoms with Crippen molar-refractivity contribution in [3.63, 3.8) is 0 Å². The molecule has 1 aromatic heterocycles. The van der Waals surface area contributed by atoms with Crippen LogP contribution in [-0.4, -0.2) is 28.9 Å². The molecule has 0 aliphatic heterocycles. The number of aromatic nitrogens is 2. The molecule has 3 aromatic carbocycles. The predicted octanol–water partition coefficient (Wildman–Crippen LogP) is 4.80. The standard InChI is InChI=1S/C27H27N3O2/c1-32-27(31)25(28-20-21-11-5-2-6-12-21)18-17-23-19-26(22-13-7-3-8-14-22)30(29-23)24-15-9-4-10-16-24/h2-16,19,25,28H,17-18,20H2,1H3/t25-/m1/s1. The van der Waals surface area contributed by atoms with Gasteiger partial charge in [-0.05, 0) is 36.6 Å². The lowest BCUT2D eigenvalue weighted by Gasteiger charge is -2.16. The van der Waals surface area contributed by atoms with E-state index in [2.05, 4.69) is 23.5 Å². The zero-order valence-corrected chi connectivity index (χ0v) is 18.1. The number of rotatable bonds is 9. The van der Waals surface area contributed by atoms with Crippen LogP contribution in [0.5, 0.6) is 0 Å². The minimum atomic E-state index is -0.401. The van der Waals surface area contributed by atoms with Gasteiger partial charge < -0.3 is 10.1 Å². The van der Waals surface area contributed by atoms with Crippen LogP contribution in [0, 0.1) is 0 Å². The maximum absolute atomic E-state index is 12.4. The average molecular weight is 426 g/mol. The quantitative estimate of drug-likeness (QED) is 0.391. The number of nitrogens with one attached hydrogen (secondary N) is 1. The Morgan fingerprint density at radius 1 is 0.938 bits per heavy atom. The summed E-state index contributed by atoms with van der Waals surface area (Å²) in [4.78, 5) is 12.4. The van der Waals surface area contributed by atoms with E-state index in [1.54, 1.807) is 0 Å². The fraction of sp³-hybridized carbons (Fsp3) is 0.185. The summed E-state index contributed by atoms with van der Waals surface area (Å²) in [6.07, 6.45) is 1.25. The Labute approximate surface area is 188 Å². The fourth-order valence-electron chi connectivity index (χ4n) is 3.71. The van der Waals surface area contributed by atoms with Gasteiger partial charge in [-0.1, -0.05) is 78.9 Å². The fourth-order valence-corrected chi connectivity index (χ4v) is 3.71. The number of hydrogen-bond acceptors (Lipinski definition) is 4. The lowest BCUT2D eigenvalue weighted by Crippen LogP contribution is -2.37. The van der Waals surface area contributed by atoms with Crippen molar-refractivity contribution in [1.29, 1.82) is 0 Å². The Morgan fingerprint density at radius 3 is 2.22 bits per heavy atom. The van der Waals surface area contributed by atoms with Gasteiger partial charge in [0.2, 0.25) is 0 Å². The third kappa shape index (κ3) is 5.31. The summed E-state index contributed by atoms with van der Waals surface area (Å²) in [6.45, 7) is 0.605. The molecule has 1 N–H and O–H groups in total. The Kier molecular flexibility index (Phi) is 7.10. The number of hydrogen-bond donors (Lipinski definition) is 1. The van der Waals surface area contributed by atoms with Crippen molar-refractivity contribution < 1.29 is 9.53 Å². The van der Waals surface area contributed by atoms with Gasteiger partial charge in [-0.15, -0.1) is 0 Å². The molecule has 0 unspecified atom stereocenters. The number of benzene rings is 3. The highest BCUT2D eigenvalue weighted by atomic mass is 16.5. The molecular formula is C27H27N3O2. The Bertz CT molecular complexity index is 1070. The molecule has 5 nitrogen and oxygen atoms in total. The summed E-state index contributed by atoms with van der Waals surface area (Å²) >= 11 is 0. The molecule has 162 valence electrons. The van der Waals surface area contributed by atoms with E-state index in [1.165, 1.54) is 7.11 Å². The van der Waals surface area contributed by atoms with Crippen LogP contribution in [0.3, 0.4) is 0 Å². The highest BCUT2D eigenvalue weighted by Crippen LogP contribution is 2.24. The third-order valence-corrected chi connectivity index (χ3v) is 5.40. The number of ether oxygens (including phenoxy) is 1. The molecule has 0 spiro atoms. The molecule has 0 bridgehead atoms. The smallest absolute Gasteiger partial charge is 0.322 e. The maximum Gasteiger partial charge on any atom is 0.322 e. The van der Waals surface area contributed by atoms with E-state index in [4.69, 9.17) is 9.84 Å². The molecule has 4 rings (SSSR count). The van der Waals surface area contributed by atoms with Gasteiger partial charge in [0.25, 0.3) is 0 Å². The maximum atomic E-state index is 12.4. The van der Waals surface area contributed by atoms with Crippen LogP contribution in [0.2, 0.25) is 0 Å². The van der Waals surface area contributed by atoms with Crippen LogP contribution in [0.15, 0.2) is 97.1 Å². The van der Waals surface area contributed by atoms with E-state index in [0.717, 1.165) is 28.2 Å². The second kappa shape index (κ2) is 10.6. The summed E-state index contributed by atoms with van der Waals surface area (Å²) in [5.41, 5.74) is 5.19. The van der Waals surface area contributed by atoms with Crippen molar-refractivity contribution in [3.8, 4) is 16.9 Å². The third-order valence-electron chi connectivity index (χ3n) is 5.40. The summed E-state index contributed by atoms with van der Waals surface area (Å²) in [6, 6.07) is 32.1. The van der Waals surface area contributed by atoms with Gasteiger partial charge in [0.15, 0.2) is 0 Å². The highest BCUT2D eigenvalue weighted by molar-refractivity contribution is 5.75. The molecule has 32 heavy (non-hydrogen) atoms. The van der Waals surface area contributed by atoms with Gasteiger partial charge in [-0.25, -0.2) is 4.68 Å². The van der Waals surface area contributed by atoms with Gasteiger partial charge in [-0.2, -0.15) is 5.10 Å². The van der Waals surface area contributed by atoms with Crippen molar-refractivity contribution in [3.05, 3.63) is 108 Å². The van der Waals surface area contributed by atoms with E-state index in [-0.39, 0.29) is 5.97 Å². The second-order valence-corrected chi connectivity index (χ2v) is 7.62. The van der Waals surface area contributed by atoms with Crippen molar-refractivity contribution in [2.45, 2.75) is 25.4 Å². The molecule has 0 aliphatic rings. The van der Waals surface area contributed by atoms with Crippen molar-refractivity contribution in [2.24, 2.45) is 0 Å². The van der Waals surface area contributed by atoms with Gasteiger partial charge in [0.1, 0.15) is 6.04 Å². The van der Waals surface area contributed by atoms with Crippen LogP contribution < -0.4 is 5.32 Å². The highest BCUT2D eigenvalue weighted by Gasteiger charge is 2.20. The SMILES string of the molecule is COC(=O)[C@@H](CCc1cc(-c2ccccc2)n(-c2ccccc2)n1)NCc1ccccc1. The molecule has 0 saturated heterocycles. The molecule has 0 fully saturated rings. The first-order chi connectivity index (χ1) is 15.7. The first-order valence-corrected chi connectivity index (χ1v) is 10.8. The van der Waals surface area contributed by atoms with E-state index >= 15 is 0 Å². The monoisotopic (exact) mass is 425 g/mol. The topological polar surface area (TPSA) is 56.2 Å². The number of methoxy groups -OCH3 is 1. The molecule has 1 atom stereocenters. The summed E-state index contributed by atoms with van der Waals surface area (Å²) < 4.78 is 7.00. The van der Waals surface area contributed by atoms with Crippen molar-refractivity contribution in [1.82, 2.24) is 15.1 Å². The molecule has 0 radical (unpaired) electrons. The number of esters is 1. The second-order valence-electron chi connectivity index (χ2n) is 7.62. The molecule has 1 heterocycles. The molecule has 0 aliphatic carbocycles. The van der Waals surface area contributed by atoms with E-state index in [1.807, 2.05) is 83.5 Å².